The SMILES string of the molecule is NNC(CCc1ccccn1)c1cnccn1. The second-order valence-corrected chi connectivity index (χ2v) is 3.71. The molecule has 3 N–H and O–H groups in total. The molecule has 0 aliphatic heterocycles. The van der Waals surface area contributed by atoms with E-state index in [1.165, 1.54) is 0 Å². The Morgan fingerprint density at radius 3 is 2.76 bits per heavy atom. The summed E-state index contributed by atoms with van der Waals surface area (Å²) in [7, 11) is 0. The van der Waals surface area contributed by atoms with Crippen molar-refractivity contribution in [2.24, 2.45) is 5.84 Å². The maximum absolute atomic E-state index is 5.53. The number of nitrogens with two attached hydrogens (primary N) is 1. The summed E-state index contributed by atoms with van der Waals surface area (Å²) in [6, 6.07) is 5.90. The van der Waals surface area contributed by atoms with E-state index in [2.05, 4.69) is 20.4 Å². The molecular weight excluding hydrogens is 214 g/mol. The van der Waals surface area contributed by atoms with Gasteiger partial charge in [0.15, 0.2) is 0 Å². The lowest BCUT2D eigenvalue weighted by Crippen LogP contribution is -2.29. The van der Waals surface area contributed by atoms with E-state index in [1.54, 1.807) is 24.8 Å². The van der Waals surface area contributed by atoms with Gasteiger partial charge in [-0.1, -0.05) is 6.07 Å². The Kier molecular flexibility index (Phi) is 4.12. The van der Waals surface area contributed by atoms with Gasteiger partial charge in [0.1, 0.15) is 0 Å². The van der Waals surface area contributed by atoms with Gasteiger partial charge >= 0.3 is 0 Å². The average Bonchev–Trinajstić information content (AvgIpc) is 2.42. The minimum absolute atomic E-state index is 0.00528. The predicted molar refractivity (Wildman–Crippen MR) is 64.7 cm³/mol. The Morgan fingerprint density at radius 2 is 2.12 bits per heavy atom. The summed E-state index contributed by atoms with van der Waals surface area (Å²) in [5, 5.41) is 0. The zero-order chi connectivity index (χ0) is 11.9. The molecule has 2 aromatic rings. The first kappa shape index (κ1) is 11.6. The summed E-state index contributed by atoms with van der Waals surface area (Å²) < 4.78 is 0. The quantitative estimate of drug-likeness (QED) is 0.591. The summed E-state index contributed by atoms with van der Waals surface area (Å²) >= 11 is 0. The first-order valence-corrected chi connectivity index (χ1v) is 5.52. The molecule has 2 rings (SSSR count). The van der Waals surface area contributed by atoms with Gasteiger partial charge in [-0.2, -0.15) is 0 Å². The van der Waals surface area contributed by atoms with Gasteiger partial charge in [0.2, 0.25) is 0 Å². The molecule has 17 heavy (non-hydrogen) atoms. The van der Waals surface area contributed by atoms with E-state index in [1.807, 2.05) is 18.2 Å². The number of nitrogens with one attached hydrogen (secondary N) is 1. The molecule has 0 saturated carbocycles. The molecule has 0 radical (unpaired) electrons. The van der Waals surface area contributed by atoms with E-state index < -0.39 is 0 Å². The normalized spacial score (nSPS) is 12.3. The maximum atomic E-state index is 5.53. The highest BCUT2D eigenvalue weighted by Gasteiger charge is 2.11. The van der Waals surface area contributed by atoms with Crippen molar-refractivity contribution in [2.75, 3.05) is 0 Å². The molecule has 0 spiro atoms. The summed E-state index contributed by atoms with van der Waals surface area (Å²) in [6.45, 7) is 0. The lowest BCUT2D eigenvalue weighted by Gasteiger charge is -2.14. The van der Waals surface area contributed by atoms with Gasteiger partial charge in [0, 0.05) is 24.3 Å². The van der Waals surface area contributed by atoms with Crippen LogP contribution in [0.3, 0.4) is 0 Å². The number of hydrogen-bond acceptors (Lipinski definition) is 5. The van der Waals surface area contributed by atoms with E-state index in [0.717, 1.165) is 24.2 Å². The maximum Gasteiger partial charge on any atom is 0.0769 e. The van der Waals surface area contributed by atoms with Crippen LogP contribution in [0.15, 0.2) is 43.0 Å². The Labute approximate surface area is 100 Å². The van der Waals surface area contributed by atoms with Crippen LogP contribution in [0.25, 0.3) is 0 Å². The minimum Gasteiger partial charge on any atom is -0.271 e. The fourth-order valence-electron chi connectivity index (χ4n) is 1.65. The van der Waals surface area contributed by atoms with Crippen LogP contribution in [0.4, 0.5) is 0 Å². The third-order valence-corrected chi connectivity index (χ3v) is 2.56. The van der Waals surface area contributed by atoms with Crippen LogP contribution in [-0.2, 0) is 6.42 Å². The fraction of sp³-hybridized carbons (Fsp3) is 0.250. The van der Waals surface area contributed by atoms with Gasteiger partial charge in [-0.15, -0.1) is 0 Å². The number of pyridine rings is 1. The molecule has 88 valence electrons. The second-order valence-electron chi connectivity index (χ2n) is 3.71. The highest BCUT2D eigenvalue weighted by Crippen LogP contribution is 2.14. The van der Waals surface area contributed by atoms with Gasteiger partial charge in [-0.25, -0.2) is 0 Å². The number of rotatable bonds is 5. The van der Waals surface area contributed by atoms with E-state index >= 15 is 0 Å². The molecule has 0 fully saturated rings. The summed E-state index contributed by atoms with van der Waals surface area (Å²) in [4.78, 5) is 12.5. The monoisotopic (exact) mass is 229 g/mol. The first-order chi connectivity index (χ1) is 8.40. The van der Waals surface area contributed by atoms with E-state index in [0.29, 0.717) is 0 Å². The van der Waals surface area contributed by atoms with Crippen molar-refractivity contribution < 1.29 is 0 Å². The van der Waals surface area contributed by atoms with E-state index in [9.17, 15) is 0 Å². The van der Waals surface area contributed by atoms with Crippen molar-refractivity contribution in [2.45, 2.75) is 18.9 Å². The Hall–Kier alpha value is -1.85. The van der Waals surface area contributed by atoms with Crippen LogP contribution in [0.5, 0.6) is 0 Å². The number of hydrogen-bond donors (Lipinski definition) is 2. The molecule has 2 heterocycles. The van der Waals surface area contributed by atoms with Gasteiger partial charge in [-0.3, -0.25) is 26.2 Å². The topological polar surface area (TPSA) is 76.7 Å². The molecule has 0 amide bonds. The van der Waals surface area contributed by atoms with Gasteiger partial charge in [-0.05, 0) is 25.0 Å². The molecule has 0 aromatic carbocycles. The van der Waals surface area contributed by atoms with Crippen molar-refractivity contribution in [3.8, 4) is 0 Å². The molecular formula is C12H15N5. The van der Waals surface area contributed by atoms with Crippen molar-refractivity contribution >= 4 is 0 Å². The molecule has 5 heteroatoms. The van der Waals surface area contributed by atoms with E-state index in [4.69, 9.17) is 5.84 Å². The van der Waals surface area contributed by atoms with Gasteiger partial charge < -0.3 is 0 Å². The molecule has 1 unspecified atom stereocenters. The lowest BCUT2D eigenvalue weighted by molar-refractivity contribution is 0.500. The Bertz CT molecular complexity index is 431. The molecule has 0 aliphatic rings. The minimum atomic E-state index is 0.00528. The largest absolute Gasteiger partial charge is 0.271 e. The van der Waals surface area contributed by atoms with Gasteiger partial charge in [0.05, 0.1) is 17.9 Å². The summed E-state index contributed by atoms with van der Waals surface area (Å²) in [5.74, 6) is 5.53. The number of aryl methyl sites for hydroxylation is 1. The first-order valence-electron chi connectivity index (χ1n) is 5.52. The number of aromatic nitrogens is 3. The number of hydrazine groups is 1. The predicted octanol–water partition coefficient (Wildman–Crippen LogP) is 1.01. The molecule has 0 saturated heterocycles. The van der Waals surface area contributed by atoms with Crippen molar-refractivity contribution in [3.63, 3.8) is 0 Å². The average molecular weight is 229 g/mol. The Morgan fingerprint density at radius 1 is 1.18 bits per heavy atom. The summed E-state index contributed by atoms with van der Waals surface area (Å²) in [6.07, 6.45) is 8.53. The zero-order valence-electron chi connectivity index (χ0n) is 9.45. The van der Waals surface area contributed by atoms with Crippen LogP contribution in [0, 0.1) is 0 Å². The fourth-order valence-corrected chi connectivity index (χ4v) is 1.65. The highest BCUT2D eigenvalue weighted by molar-refractivity contribution is 5.06. The second kappa shape index (κ2) is 6.03. The highest BCUT2D eigenvalue weighted by atomic mass is 15.2. The third-order valence-electron chi connectivity index (χ3n) is 2.56. The number of nitrogens with zero attached hydrogens (tertiary/aromatic N) is 3. The van der Waals surface area contributed by atoms with E-state index in [-0.39, 0.29) is 6.04 Å². The summed E-state index contributed by atoms with van der Waals surface area (Å²) in [5.41, 5.74) is 4.66. The van der Waals surface area contributed by atoms with Gasteiger partial charge in [0.25, 0.3) is 0 Å². The zero-order valence-corrected chi connectivity index (χ0v) is 9.45. The van der Waals surface area contributed by atoms with Crippen LogP contribution in [0.1, 0.15) is 23.9 Å². The van der Waals surface area contributed by atoms with Crippen LogP contribution >= 0.6 is 0 Å². The van der Waals surface area contributed by atoms with Crippen LogP contribution in [-0.4, -0.2) is 15.0 Å². The molecule has 1 atom stereocenters. The smallest absolute Gasteiger partial charge is 0.0769 e. The molecule has 0 bridgehead atoms. The van der Waals surface area contributed by atoms with Crippen molar-refractivity contribution in [3.05, 3.63) is 54.4 Å². The van der Waals surface area contributed by atoms with Crippen LogP contribution in [0.2, 0.25) is 0 Å². The lowest BCUT2D eigenvalue weighted by atomic mass is 10.1. The molecule has 2 aromatic heterocycles. The van der Waals surface area contributed by atoms with Crippen molar-refractivity contribution in [1.29, 1.82) is 0 Å². The molecule has 5 nitrogen and oxygen atoms in total. The molecule has 0 aliphatic carbocycles. The van der Waals surface area contributed by atoms with Crippen molar-refractivity contribution in [1.82, 2.24) is 20.4 Å². The Balaban J connectivity index is 1.97. The van der Waals surface area contributed by atoms with Crippen LogP contribution < -0.4 is 11.3 Å². The third kappa shape index (κ3) is 3.30. The standard InChI is InChI=1S/C12H15N5/c13-17-11(12-9-14-7-8-16-12)5-4-10-3-1-2-6-15-10/h1-3,6-9,11,17H,4-5,13H2.